The molecule has 1 aromatic heterocycles. The minimum Gasteiger partial charge on any atom is -0.354 e. The molecular weight excluding hydrogens is 352 g/mol. The summed E-state index contributed by atoms with van der Waals surface area (Å²) in [7, 11) is 0. The second-order valence-corrected chi connectivity index (χ2v) is 7.85. The van der Waals surface area contributed by atoms with Gasteiger partial charge in [0, 0.05) is 19.6 Å². The van der Waals surface area contributed by atoms with Crippen LogP contribution < -0.4 is 16.0 Å². The van der Waals surface area contributed by atoms with Gasteiger partial charge < -0.3 is 20.9 Å². The smallest absolute Gasteiger partial charge is 0.261 e. The lowest BCUT2D eigenvalue weighted by Gasteiger charge is -2.33. The zero-order chi connectivity index (χ0) is 18.4. The Bertz CT molecular complexity index is 628. The Morgan fingerprint density at radius 3 is 2.85 bits per heavy atom. The van der Waals surface area contributed by atoms with Gasteiger partial charge >= 0.3 is 0 Å². The molecule has 3 amide bonds. The fraction of sp³-hybridized carbons (Fsp3) is 0.611. The number of nitrogens with one attached hydrogen (secondary N) is 3. The van der Waals surface area contributed by atoms with Crippen molar-refractivity contribution in [3.05, 3.63) is 22.4 Å². The van der Waals surface area contributed by atoms with E-state index in [0.717, 1.165) is 32.2 Å². The van der Waals surface area contributed by atoms with Crippen molar-refractivity contribution in [2.45, 2.75) is 31.7 Å². The predicted octanol–water partition coefficient (Wildman–Crippen LogP) is 0.585. The van der Waals surface area contributed by atoms with Gasteiger partial charge in [-0.2, -0.15) is 0 Å². The maximum atomic E-state index is 12.4. The van der Waals surface area contributed by atoms with Crippen molar-refractivity contribution in [3.63, 3.8) is 0 Å². The molecule has 2 aliphatic heterocycles. The van der Waals surface area contributed by atoms with E-state index in [2.05, 4.69) is 16.0 Å². The van der Waals surface area contributed by atoms with Crippen LogP contribution in [0.25, 0.3) is 0 Å². The number of hydrogen-bond acceptors (Lipinski definition) is 5. The summed E-state index contributed by atoms with van der Waals surface area (Å²) < 4.78 is 0. The minimum absolute atomic E-state index is 0.0157. The standard InChI is InChI=1S/C18H26N4O3S/c23-16(11-21-18(25)15-6-3-9-26-15)22-8-2-4-13(12-22)10-20-17(24)14-5-1-7-19-14/h3,6,9,13-14,19H,1-2,4-5,7-8,10-12H2,(H,20,24)(H,21,25). The van der Waals surface area contributed by atoms with Crippen molar-refractivity contribution in [1.29, 1.82) is 0 Å². The molecule has 1 aromatic rings. The highest BCUT2D eigenvalue weighted by molar-refractivity contribution is 7.12. The van der Waals surface area contributed by atoms with Crippen LogP contribution in [0.3, 0.4) is 0 Å². The molecule has 0 aliphatic carbocycles. The molecule has 0 bridgehead atoms. The molecule has 3 heterocycles. The van der Waals surface area contributed by atoms with E-state index in [1.165, 1.54) is 11.3 Å². The molecular formula is C18H26N4O3S. The van der Waals surface area contributed by atoms with Crippen LogP contribution in [0.1, 0.15) is 35.4 Å². The van der Waals surface area contributed by atoms with Crippen molar-refractivity contribution in [1.82, 2.24) is 20.9 Å². The fourth-order valence-corrected chi connectivity index (χ4v) is 4.14. The summed E-state index contributed by atoms with van der Waals surface area (Å²) in [4.78, 5) is 38.8. The number of nitrogens with zero attached hydrogens (tertiary/aromatic N) is 1. The second-order valence-electron chi connectivity index (χ2n) is 6.90. The molecule has 142 valence electrons. The lowest BCUT2D eigenvalue weighted by atomic mass is 9.97. The van der Waals surface area contributed by atoms with Crippen LogP contribution in [-0.2, 0) is 9.59 Å². The van der Waals surface area contributed by atoms with Crippen LogP contribution in [0.2, 0.25) is 0 Å². The maximum Gasteiger partial charge on any atom is 0.261 e. The zero-order valence-electron chi connectivity index (χ0n) is 14.8. The Morgan fingerprint density at radius 2 is 2.12 bits per heavy atom. The molecule has 7 nitrogen and oxygen atoms in total. The van der Waals surface area contributed by atoms with E-state index >= 15 is 0 Å². The number of piperidine rings is 1. The summed E-state index contributed by atoms with van der Waals surface area (Å²) >= 11 is 1.36. The Morgan fingerprint density at radius 1 is 1.23 bits per heavy atom. The Labute approximate surface area is 157 Å². The molecule has 0 saturated carbocycles. The lowest BCUT2D eigenvalue weighted by Crippen LogP contribution is -2.48. The third kappa shape index (κ3) is 5.04. The summed E-state index contributed by atoms with van der Waals surface area (Å²) in [6.45, 7) is 2.86. The quantitative estimate of drug-likeness (QED) is 0.676. The Kier molecular flexibility index (Phi) is 6.62. The van der Waals surface area contributed by atoms with E-state index in [9.17, 15) is 14.4 Å². The third-order valence-corrected chi connectivity index (χ3v) is 5.83. The normalized spacial score (nSPS) is 22.8. The van der Waals surface area contributed by atoms with Crippen molar-refractivity contribution in [3.8, 4) is 0 Å². The van der Waals surface area contributed by atoms with Crippen LogP contribution in [-0.4, -0.2) is 61.4 Å². The number of rotatable bonds is 6. The molecule has 26 heavy (non-hydrogen) atoms. The van der Waals surface area contributed by atoms with Gasteiger partial charge in [-0.1, -0.05) is 6.07 Å². The molecule has 8 heteroatoms. The molecule has 2 aliphatic rings. The first-order chi connectivity index (χ1) is 12.6. The largest absolute Gasteiger partial charge is 0.354 e. The monoisotopic (exact) mass is 378 g/mol. The summed E-state index contributed by atoms with van der Waals surface area (Å²) in [6.07, 6.45) is 3.86. The van der Waals surface area contributed by atoms with Crippen molar-refractivity contribution < 1.29 is 14.4 Å². The number of amides is 3. The van der Waals surface area contributed by atoms with E-state index < -0.39 is 0 Å². The summed E-state index contributed by atoms with van der Waals surface area (Å²) in [5, 5.41) is 10.7. The Hall–Kier alpha value is -1.93. The van der Waals surface area contributed by atoms with E-state index in [1.807, 2.05) is 11.4 Å². The lowest BCUT2D eigenvalue weighted by molar-refractivity contribution is -0.131. The van der Waals surface area contributed by atoms with Gasteiger partial charge in [0.25, 0.3) is 5.91 Å². The van der Waals surface area contributed by atoms with Crippen LogP contribution in [0.4, 0.5) is 0 Å². The highest BCUT2D eigenvalue weighted by Gasteiger charge is 2.26. The Balaban J connectivity index is 1.40. The van der Waals surface area contributed by atoms with Crippen molar-refractivity contribution in [2.24, 2.45) is 5.92 Å². The van der Waals surface area contributed by atoms with Gasteiger partial charge in [0.15, 0.2) is 0 Å². The average Bonchev–Trinajstić information content (AvgIpc) is 3.38. The maximum absolute atomic E-state index is 12.4. The SMILES string of the molecule is O=C(NCC(=O)N1CCCC(CNC(=O)C2CCCN2)C1)c1cccs1. The minimum atomic E-state index is -0.210. The molecule has 0 aromatic carbocycles. The van der Waals surface area contributed by atoms with Gasteiger partial charge in [0.1, 0.15) is 0 Å². The molecule has 3 N–H and O–H groups in total. The highest BCUT2D eigenvalue weighted by Crippen LogP contribution is 2.16. The topological polar surface area (TPSA) is 90.5 Å². The number of carbonyl (C=O) groups is 3. The average molecular weight is 378 g/mol. The molecule has 2 unspecified atom stereocenters. The van der Waals surface area contributed by atoms with Crippen molar-refractivity contribution >= 4 is 29.1 Å². The third-order valence-electron chi connectivity index (χ3n) is 4.96. The molecule has 0 radical (unpaired) electrons. The zero-order valence-corrected chi connectivity index (χ0v) is 15.6. The van der Waals surface area contributed by atoms with Gasteiger partial charge in [0.05, 0.1) is 17.5 Å². The van der Waals surface area contributed by atoms with Crippen LogP contribution in [0.5, 0.6) is 0 Å². The first-order valence-corrected chi connectivity index (χ1v) is 10.1. The van der Waals surface area contributed by atoms with E-state index in [0.29, 0.717) is 24.5 Å². The first kappa shape index (κ1) is 18.8. The van der Waals surface area contributed by atoms with Crippen molar-refractivity contribution in [2.75, 3.05) is 32.7 Å². The molecule has 2 atom stereocenters. The summed E-state index contributed by atoms with van der Waals surface area (Å²) in [6, 6.07) is 3.48. The van der Waals surface area contributed by atoms with Crippen LogP contribution >= 0.6 is 11.3 Å². The van der Waals surface area contributed by atoms with E-state index in [-0.39, 0.29) is 36.2 Å². The second kappa shape index (κ2) is 9.14. The predicted molar refractivity (Wildman–Crippen MR) is 100.0 cm³/mol. The first-order valence-electron chi connectivity index (χ1n) is 9.24. The number of likely N-dealkylation sites (tertiary alicyclic amines) is 1. The fourth-order valence-electron chi connectivity index (χ4n) is 3.50. The van der Waals surface area contributed by atoms with Gasteiger partial charge in [0.2, 0.25) is 11.8 Å². The molecule has 3 rings (SSSR count). The highest BCUT2D eigenvalue weighted by atomic mass is 32.1. The summed E-state index contributed by atoms with van der Waals surface area (Å²) in [5.41, 5.74) is 0. The van der Waals surface area contributed by atoms with Crippen LogP contribution in [0, 0.1) is 5.92 Å². The van der Waals surface area contributed by atoms with Crippen LogP contribution in [0.15, 0.2) is 17.5 Å². The number of hydrogen-bond donors (Lipinski definition) is 3. The van der Waals surface area contributed by atoms with E-state index in [4.69, 9.17) is 0 Å². The number of carbonyl (C=O) groups excluding carboxylic acids is 3. The van der Waals surface area contributed by atoms with E-state index in [1.54, 1.807) is 11.0 Å². The van der Waals surface area contributed by atoms with Gasteiger partial charge in [-0.3, -0.25) is 14.4 Å². The van der Waals surface area contributed by atoms with Gasteiger partial charge in [-0.15, -0.1) is 11.3 Å². The van der Waals surface area contributed by atoms with Gasteiger partial charge in [-0.05, 0) is 49.6 Å². The summed E-state index contributed by atoms with van der Waals surface area (Å²) in [5.74, 6) is 0.0573. The molecule has 2 saturated heterocycles. The molecule has 0 spiro atoms. The van der Waals surface area contributed by atoms with Gasteiger partial charge in [-0.25, -0.2) is 0 Å². The number of thiophene rings is 1. The molecule has 2 fully saturated rings.